The van der Waals surface area contributed by atoms with Gasteiger partial charge in [-0.15, -0.1) is 0 Å². The maximum absolute atomic E-state index is 5.90. The van der Waals surface area contributed by atoms with Crippen LogP contribution in [-0.4, -0.2) is 9.78 Å². The Labute approximate surface area is 75.8 Å². The minimum Gasteiger partial charge on any atom is -0.268 e. The molecule has 0 N–H and O–H groups in total. The summed E-state index contributed by atoms with van der Waals surface area (Å²) >= 11 is 5.90. The largest absolute Gasteiger partial charge is 0.268 e. The second kappa shape index (κ2) is 2.49. The minimum atomic E-state index is 0.771. The maximum atomic E-state index is 5.90. The van der Waals surface area contributed by atoms with Crippen LogP contribution >= 0.6 is 11.6 Å². The zero-order valence-corrected chi connectivity index (χ0v) is 7.76. The zero-order chi connectivity index (χ0) is 8.72. The first-order valence-electron chi connectivity index (χ1n) is 3.76. The van der Waals surface area contributed by atoms with Crippen LogP contribution in [-0.2, 0) is 7.05 Å². The van der Waals surface area contributed by atoms with E-state index in [-0.39, 0.29) is 0 Å². The van der Waals surface area contributed by atoms with Crippen molar-refractivity contribution in [2.45, 2.75) is 6.92 Å². The first kappa shape index (κ1) is 7.62. The molecule has 1 heterocycles. The van der Waals surface area contributed by atoms with Crippen LogP contribution in [0.5, 0.6) is 0 Å². The Balaban J connectivity index is 2.93. The molecule has 0 saturated heterocycles. The van der Waals surface area contributed by atoms with E-state index in [0.29, 0.717) is 0 Å². The Morgan fingerprint density at radius 1 is 1.42 bits per heavy atom. The van der Waals surface area contributed by atoms with Gasteiger partial charge in [0.25, 0.3) is 0 Å². The van der Waals surface area contributed by atoms with Crippen molar-refractivity contribution in [3.63, 3.8) is 0 Å². The monoisotopic (exact) mass is 180 g/mol. The molecule has 62 valence electrons. The van der Waals surface area contributed by atoms with Crippen molar-refractivity contribution in [1.82, 2.24) is 9.78 Å². The molecule has 2 rings (SSSR count). The van der Waals surface area contributed by atoms with E-state index in [4.69, 9.17) is 11.6 Å². The van der Waals surface area contributed by atoms with Crippen LogP contribution in [0.25, 0.3) is 10.9 Å². The standard InChI is InChI=1S/C9H9ClN2/c1-6-3-8(10)4-7-5-11-12(2)9(6)7/h3-5H,1-2H3. The molecule has 3 heteroatoms. The van der Waals surface area contributed by atoms with Crippen molar-refractivity contribution >= 4 is 22.5 Å². The fourth-order valence-electron chi connectivity index (χ4n) is 1.51. The van der Waals surface area contributed by atoms with Gasteiger partial charge in [0.1, 0.15) is 0 Å². The molecule has 2 aromatic rings. The third kappa shape index (κ3) is 0.994. The lowest BCUT2D eigenvalue weighted by Gasteiger charge is -1.99. The van der Waals surface area contributed by atoms with E-state index in [9.17, 15) is 0 Å². The smallest absolute Gasteiger partial charge is 0.0709 e. The van der Waals surface area contributed by atoms with E-state index in [1.807, 2.05) is 37.0 Å². The first-order valence-corrected chi connectivity index (χ1v) is 4.14. The lowest BCUT2D eigenvalue weighted by atomic mass is 10.2. The molecule has 12 heavy (non-hydrogen) atoms. The van der Waals surface area contributed by atoms with Crippen molar-refractivity contribution in [1.29, 1.82) is 0 Å². The number of rotatable bonds is 0. The van der Waals surface area contributed by atoms with E-state index < -0.39 is 0 Å². The van der Waals surface area contributed by atoms with Gasteiger partial charge in [0.2, 0.25) is 0 Å². The van der Waals surface area contributed by atoms with Gasteiger partial charge in [-0.25, -0.2) is 0 Å². The molecule has 0 saturated carbocycles. The quantitative estimate of drug-likeness (QED) is 0.609. The van der Waals surface area contributed by atoms with E-state index in [1.165, 1.54) is 0 Å². The number of benzene rings is 1. The lowest BCUT2D eigenvalue weighted by Crippen LogP contribution is -1.90. The molecule has 0 radical (unpaired) electrons. The van der Waals surface area contributed by atoms with Crippen LogP contribution in [0.15, 0.2) is 18.3 Å². The molecule has 0 aliphatic heterocycles. The van der Waals surface area contributed by atoms with Gasteiger partial charge in [-0.3, -0.25) is 4.68 Å². The fourth-order valence-corrected chi connectivity index (χ4v) is 1.79. The molecular weight excluding hydrogens is 172 g/mol. The summed E-state index contributed by atoms with van der Waals surface area (Å²) in [5, 5.41) is 6.03. The number of halogens is 1. The van der Waals surface area contributed by atoms with E-state index >= 15 is 0 Å². The molecule has 0 bridgehead atoms. The van der Waals surface area contributed by atoms with Crippen molar-refractivity contribution in [2.24, 2.45) is 7.05 Å². The highest BCUT2D eigenvalue weighted by Gasteiger charge is 2.03. The summed E-state index contributed by atoms with van der Waals surface area (Å²) < 4.78 is 1.86. The van der Waals surface area contributed by atoms with Gasteiger partial charge in [0.05, 0.1) is 11.7 Å². The molecule has 1 aromatic heterocycles. The van der Waals surface area contributed by atoms with Gasteiger partial charge >= 0.3 is 0 Å². The van der Waals surface area contributed by atoms with Crippen LogP contribution in [0.4, 0.5) is 0 Å². The molecule has 0 aliphatic carbocycles. The van der Waals surface area contributed by atoms with Gasteiger partial charge in [-0.2, -0.15) is 5.10 Å². The number of hydrogen-bond acceptors (Lipinski definition) is 1. The van der Waals surface area contributed by atoms with Crippen LogP contribution in [0.2, 0.25) is 5.02 Å². The summed E-state index contributed by atoms with van der Waals surface area (Å²) in [6.45, 7) is 2.04. The summed E-state index contributed by atoms with van der Waals surface area (Å²) in [6, 6.07) is 3.88. The van der Waals surface area contributed by atoms with E-state index in [2.05, 4.69) is 5.10 Å². The Morgan fingerprint density at radius 2 is 2.17 bits per heavy atom. The highest BCUT2D eigenvalue weighted by molar-refractivity contribution is 6.31. The number of aromatic nitrogens is 2. The predicted molar refractivity (Wildman–Crippen MR) is 50.5 cm³/mol. The summed E-state index contributed by atoms with van der Waals surface area (Å²) in [6.07, 6.45) is 1.83. The molecule has 0 fully saturated rings. The molecule has 0 amide bonds. The minimum absolute atomic E-state index is 0.771. The SMILES string of the molecule is Cc1cc(Cl)cc2cnn(C)c12. The van der Waals surface area contributed by atoms with Gasteiger partial charge in [-0.05, 0) is 24.6 Å². The van der Waals surface area contributed by atoms with Gasteiger partial charge in [0, 0.05) is 17.5 Å². The third-order valence-electron chi connectivity index (χ3n) is 1.99. The zero-order valence-electron chi connectivity index (χ0n) is 7.00. The molecule has 0 atom stereocenters. The average molecular weight is 181 g/mol. The van der Waals surface area contributed by atoms with Crippen molar-refractivity contribution < 1.29 is 0 Å². The molecular formula is C9H9ClN2. The van der Waals surface area contributed by atoms with Gasteiger partial charge in [-0.1, -0.05) is 11.6 Å². The highest BCUT2D eigenvalue weighted by atomic mass is 35.5. The molecule has 2 nitrogen and oxygen atoms in total. The molecule has 1 aromatic carbocycles. The van der Waals surface area contributed by atoms with Crippen molar-refractivity contribution in [3.8, 4) is 0 Å². The second-order valence-electron chi connectivity index (χ2n) is 2.93. The van der Waals surface area contributed by atoms with Crippen molar-refractivity contribution in [2.75, 3.05) is 0 Å². The number of nitrogens with zero attached hydrogens (tertiary/aromatic N) is 2. The molecule has 0 unspecified atom stereocenters. The Kier molecular flexibility index (Phi) is 1.58. The van der Waals surface area contributed by atoms with Gasteiger partial charge < -0.3 is 0 Å². The van der Waals surface area contributed by atoms with Crippen LogP contribution < -0.4 is 0 Å². The van der Waals surface area contributed by atoms with Gasteiger partial charge in [0.15, 0.2) is 0 Å². The van der Waals surface area contributed by atoms with E-state index in [0.717, 1.165) is 21.5 Å². The number of fused-ring (bicyclic) bond motifs is 1. The number of hydrogen-bond donors (Lipinski definition) is 0. The van der Waals surface area contributed by atoms with Crippen LogP contribution in [0.3, 0.4) is 0 Å². The Bertz CT molecular complexity index is 431. The lowest BCUT2D eigenvalue weighted by molar-refractivity contribution is 0.794. The topological polar surface area (TPSA) is 17.8 Å². The summed E-state index contributed by atoms with van der Waals surface area (Å²) in [5.74, 6) is 0. The van der Waals surface area contributed by atoms with Crippen LogP contribution in [0, 0.1) is 6.92 Å². The number of aryl methyl sites for hydroxylation is 2. The summed E-state index contributed by atoms with van der Waals surface area (Å²) in [4.78, 5) is 0. The highest BCUT2D eigenvalue weighted by Crippen LogP contribution is 2.22. The average Bonchev–Trinajstić information content (AvgIpc) is 2.31. The van der Waals surface area contributed by atoms with Crippen molar-refractivity contribution in [3.05, 3.63) is 28.9 Å². The molecule has 0 aliphatic rings. The van der Waals surface area contributed by atoms with E-state index in [1.54, 1.807) is 0 Å². The first-order chi connectivity index (χ1) is 5.68. The maximum Gasteiger partial charge on any atom is 0.0709 e. The fraction of sp³-hybridized carbons (Fsp3) is 0.222. The van der Waals surface area contributed by atoms with Crippen LogP contribution in [0.1, 0.15) is 5.56 Å². The Morgan fingerprint density at radius 3 is 2.92 bits per heavy atom. The summed E-state index contributed by atoms with van der Waals surface area (Å²) in [5.41, 5.74) is 2.32. The summed E-state index contributed by atoms with van der Waals surface area (Å²) in [7, 11) is 1.93. The normalized spacial score (nSPS) is 10.9. The molecule has 0 spiro atoms. The third-order valence-corrected chi connectivity index (χ3v) is 2.21. The predicted octanol–water partition coefficient (Wildman–Crippen LogP) is 2.54. The second-order valence-corrected chi connectivity index (χ2v) is 3.37. The Hall–Kier alpha value is -1.02.